The molecule has 14 rings (SSSR count). The van der Waals surface area contributed by atoms with Crippen molar-refractivity contribution in [1.29, 1.82) is 0 Å². The predicted octanol–water partition coefficient (Wildman–Crippen LogP) is 9.28. The van der Waals surface area contributed by atoms with Crippen molar-refractivity contribution in [3.8, 4) is 58.0 Å². The van der Waals surface area contributed by atoms with Gasteiger partial charge in [-0.25, -0.2) is 18.7 Å². The molecular formula is C76H78N6O12+2. The third-order valence-electron chi connectivity index (χ3n) is 19.6. The first-order chi connectivity index (χ1) is 45.2. The summed E-state index contributed by atoms with van der Waals surface area (Å²) in [6.45, 7) is 23.5. The highest BCUT2D eigenvalue weighted by molar-refractivity contribution is 5.92. The second-order valence-corrected chi connectivity index (χ2v) is 25.9. The highest BCUT2D eigenvalue weighted by atomic mass is 16.7. The van der Waals surface area contributed by atoms with Gasteiger partial charge in [0.25, 0.3) is 0 Å². The fourth-order valence-corrected chi connectivity index (χ4v) is 15.5. The summed E-state index contributed by atoms with van der Waals surface area (Å²) in [4.78, 5) is 40.8. The molecule has 0 amide bonds. The second kappa shape index (κ2) is 23.6. The van der Waals surface area contributed by atoms with Crippen molar-refractivity contribution in [2.45, 2.75) is 112 Å². The standard InChI is InChI=1S/C76H76N6O12/c1-10-77-30-14-15-48-31-55-63(35-59(48)77)91-64-36-60-49(32-56(64)73(55)46-17-22-51(23-18-46)89-42-71(87)93-81-67(83)26-27-68(81)84)16-21-50(78(60)11-2)41-76(9)40-45(6)54-34-58-66(38-62(54)80(76)13-4)92-65-37-61-53(44(5)39-75(7,8)79(61)12-3)33-57(65)74(58)47-19-24-52(25-20-47)90-43-72(88)94-82-69(85)28-29-70(82)86/h17-20,22-29,31-40,50H,10-16,21,30,41-43H2,1-9H3,(H2-2,83,84,85,86)/p+2. The van der Waals surface area contributed by atoms with Gasteiger partial charge in [-0.15, -0.1) is 9.46 Å². The van der Waals surface area contributed by atoms with Crippen molar-refractivity contribution < 1.29 is 58.6 Å². The first-order valence-electron chi connectivity index (χ1n) is 32.6. The highest BCUT2D eigenvalue weighted by Gasteiger charge is 2.43. The Morgan fingerprint density at radius 1 is 0.564 bits per heavy atom. The zero-order valence-corrected chi connectivity index (χ0v) is 54.5. The van der Waals surface area contributed by atoms with Crippen LogP contribution in [0.5, 0.6) is 58.0 Å². The number of nitrogens with zero attached hydrogens (tertiary/aromatic N) is 6. The average Bonchev–Trinajstić information content (AvgIpc) is 0.789. The molecule has 2 unspecified atom stereocenters. The molecule has 6 aliphatic heterocycles. The lowest BCUT2D eigenvalue weighted by Gasteiger charge is -2.43. The van der Waals surface area contributed by atoms with Crippen LogP contribution in [0.25, 0.3) is 22.3 Å². The largest absolute Gasteiger partial charge is 0.492 e. The number of anilines is 2. The van der Waals surface area contributed by atoms with Crippen molar-refractivity contribution in [2.24, 2.45) is 0 Å². The molecule has 18 heteroatoms. The van der Waals surface area contributed by atoms with Gasteiger partial charge in [-0.3, -0.25) is 0 Å². The molecule has 0 fully saturated rings. The molecule has 0 saturated carbocycles. The number of hydrogen-bond acceptors (Lipinski definition) is 14. The number of aryl methyl sites for hydroxylation is 2. The van der Waals surface area contributed by atoms with E-state index >= 15 is 0 Å². The van der Waals surface area contributed by atoms with Crippen molar-refractivity contribution >= 4 is 45.6 Å². The summed E-state index contributed by atoms with van der Waals surface area (Å²) in [5.41, 5.74) is 14.9. The Morgan fingerprint density at radius 3 is 1.66 bits per heavy atom. The number of ether oxygens (including phenoxy) is 4. The first kappa shape index (κ1) is 61.2. The van der Waals surface area contributed by atoms with Crippen LogP contribution < -0.4 is 68.7 Å². The second-order valence-electron chi connectivity index (χ2n) is 25.9. The fraction of sp³-hybridized carbons (Fsp3) is 0.316. The average molecular weight is 1270 g/mol. The van der Waals surface area contributed by atoms with E-state index < -0.39 is 54.2 Å². The summed E-state index contributed by atoms with van der Waals surface area (Å²) in [5.74, 6) is 0.738. The van der Waals surface area contributed by atoms with Crippen LogP contribution in [0, 0.1) is 0 Å². The predicted molar refractivity (Wildman–Crippen MR) is 360 cm³/mol. The Morgan fingerprint density at radius 2 is 1.11 bits per heavy atom. The van der Waals surface area contributed by atoms with Crippen molar-refractivity contribution in [1.82, 2.24) is 18.6 Å². The zero-order chi connectivity index (χ0) is 65.6. The summed E-state index contributed by atoms with van der Waals surface area (Å²) in [6.07, 6.45) is 9.54. The van der Waals surface area contributed by atoms with Crippen LogP contribution in [-0.2, 0) is 22.4 Å². The topological polar surface area (TPSA) is 193 Å². The molecule has 8 aromatic rings. The third kappa shape index (κ3) is 10.6. The Hall–Kier alpha value is -10.4. The van der Waals surface area contributed by atoms with Gasteiger partial charge >= 0.3 is 11.9 Å². The van der Waals surface area contributed by atoms with Gasteiger partial charge in [0.05, 0.1) is 17.7 Å². The van der Waals surface area contributed by atoms with Gasteiger partial charge in [0.2, 0.25) is 34.2 Å². The minimum absolute atomic E-state index is 0.183. The molecule has 2 atom stereocenters. The smallest absolute Gasteiger partial charge is 0.370 e. The maximum absolute atomic E-state index is 12.8. The Labute approximate surface area is 544 Å². The lowest BCUT2D eigenvalue weighted by molar-refractivity contribution is -0.148. The van der Waals surface area contributed by atoms with E-state index in [1.165, 1.54) is 57.6 Å². The van der Waals surface area contributed by atoms with Crippen molar-refractivity contribution in [3.63, 3.8) is 0 Å². The van der Waals surface area contributed by atoms with Crippen LogP contribution >= 0.6 is 0 Å². The number of likely N-dealkylation sites (N-methyl/N-ethyl adjacent to an activating group) is 2. The number of aromatic nitrogens is 2. The van der Waals surface area contributed by atoms with Gasteiger partial charge in [-0.05, 0) is 157 Å². The summed E-state index contributed by atoms with van der Waals surface area (Å²) in [6, 6.07) is 38.7. The quantitative estimate of drug-likeness (QED) is 0.0669. The Bertz CT molecular complexity index is 4770. The number of allylic oxidation sites excluding steroid dienone is 2. The molecule has 0 aliphatic carbocycles. The van der Waals surface area contributed by atoms with Crippen molar-refractivity contribution in [3.05, 3.63) is 199 Å². The van der Waals surface area contributed by atoms with Crippen LogP contribution in [0.2, 0.25) is 0 Å². The molecule has 2 aromatic heterocycles. The van der Waals surface area contributed by atoms with Gasteiger partial charge in [-0.2, -0.15) is 0 Å². The Kier molecular flexibility index (Phi) is 15.4. The molecule has 4 N–H and O–H groups in total. The minimum Gasteiger partial charge on any atom is -0.492 e. The molecule has 18 nitrogen and oxygen atoms in total. The highest BCUT2D eigenvalue weighted by Crippen LogP contribution is 2.48. The molecule has 94 heavy (non-hydrogen) atoms. The van der Waals surface area contributed by atoms with E-state index in [0.717, 1.165) is 154 Å². The lowest BCUT2D eigenvalue weighted by Crippen LogP contribution is -2.55. The number of carbonyl (C=O) groups is 2. The molecule has 0 bridgehead atoms. The number of carbonyl (C=O) groups excluding carboxylic acids is 2. The van der Waals surface area contributed by atoms with Crippen molar-refractivity contribution in [2.75, 3.05) is 55.7 Å². The SMILES string of the molecule is CCN1c2cc3c(cc2CCC1CC1(C)C=C(C)c2cc4c(cc2=[N+]1CC)Oc1cc2c(cc1C=4c1ccc(OCC(=O)On4c(O)ccc4O)cc1)C(C)=CC(C)(C)N2CC)C(c1ccc(OCC(=O)On2c(O)ccc2O)cc1)=c1cc2c(cc1O3)=[N+](CC)CCC2. The van der Waals surface area contributed by atoms with E-state index in [9.17, 15) is 30.0 Å². The van der Waals surface area contributed by atoms with Gasteiger partial charge in [0.1, 0.15) is 54.1 Å². The van der Waals surface area contributed by atoms with E-state index in [4.69, 9.17) is 28.6 Å². The molecule has 0 saturated heterocycles. The van der Waals surface area contributed by atoms with Gasteiger partial charge in [-0.1, -0.05) is 30.3 Å². The number of rotatable bonds is 16. The molecule has 0 spiro atoms. The van der Waals surface area contributed by atoms with E-state index in [-0.39, 0.29) is 11.6 Å². The van der Waals surface area contributed by atoms with Gasteiger partial charge in [0.15, 0.2) is 18.8 Å². The number of benzene rings is 6. The molecule has 6 aliphatic rings. The summed E-state index contributed by atoms with van der Waals surface area (Å²) in [5, 5.41) is 44.3. The fourth-order valence-electron chi connectivity index (χ4n) is 15.5. The van der Waals surface area contributed by atoms with Crippen LogP contribution in [-0.4, -0.2) is 105 Å². The van der Waals surface area contributed by atoms with Crippen LogP contribution in [0.15, 0.2) is 133 Å². The Balaban J connectivity index is 0.804. The number of fused-ring (bicyclic) bond motifs is 8. The molecule has 8 heterocycles. The molecule has 482 valence electrons. The molecular weight excluding hydrogens is 1190 g/mol. The van der Waals surface area contributed by atoms with Crippen LogP contribution in [0.1, 0.15) is 126 Å². The first-order valence-corrected chi connectivity index (χ1v) is 32.6. The van der Waals surface area contributed by atoms with E-state index in [0.29, 0.717) is 21.0 Å². The third-order valence-corrected chi connectivity index (χ3v) is 19.6. The number of aromatic hydroxyl groups is 4. The maximum atomic E-state index is 12.8. The zero-order valence-electron chi connectivity index (χ0n) is 54.5. The van der Waals surface area contributed by atoms with Gasteiger partial charge in [0, 0.05) is 136 Å². The lowest BCUT2D eigenvalue weighted by atomic mass is 9.80. The van der Waals surface area contributed by atoms with Gasteiger partial charge < -0.3 is 58.8 Å². The summed E-state index contributed by atoms with van der Waals surface area (Å²) >= 11 is 0. The summed E-state index contributed by atoms with van der Waals surface area (Å²) in [7, 11) is 0. The minimum atomic E-state index is -0.810. The van der Waals surface area contributed by atoms with Crippen LogP contribution in [0.3, 0.4) is 0 Å². The number of hydrogen-bond donors (Lipinski definition) is 4. The molecule has 6 aromatic carbocycles. The van der Waals surface area contributed by atoms with E-state index in [1.54, 1.807) is 0 Å². The van der Waals surface area contributed by atoms with E-state index in [1.807, 2.05) is 48.5 Å². The van der Waals surface area contributed by atoms with E-state index in [2.05, 4.69) is 142 Å². The summed E-state index contributed by atoms with van der Waals surface area (Å²) < 4.78 is 32.4. The van der Waals surface area contributed by atoms with Crippen LogP contribution in [0.4, 0.5) is 11.4 Å². The normalized spacial score (nSPS) is 17.9. The molecule has 0 radical (unpaired) electrons. The monoisotopic (exact) mass is 1270 g/mol. The maximum Gasteiger partial charge on any atom is 0.370 e.